The van der Waals surface area contributed by atoms with Crippen molar-refractivity contribution in [1.29, 1.82) is 5.26 Å². The summed E-state index contributed by atoms with van der Waals surface area (Å²) in [6.07, 6.45) is -2.56. The zero-order chi connectivity index (χ0) is 20.3. The van der Waals surface area contributed by atoms with Crippen molar-refractivity contribution in [3.05, 3.63) is 41.1 Å². The van der Waals surface area contributed by atoms with Crippen molar-refractivity contribution in [2.45, 2.75) is 50.9 Å². The van der Waals surface area contributed by atoms with Crippen molar-refractivity contribution in [2.75, 3.05) is 0 Å². The molecule has 0 bridgehead atoms. The Balaban J connectivity index is 1.56. The van der Waals surface area contributed by atoms with Crippen molar-refractivity contribution in [3.8, 4) is 11.8 Å². The summed E-state index contributed by atoms with van der Waals surface area (Å²) in [6, 6.07) is 4.75. The average molecular weight is 394 g/mol. The molecule has 0 spiro atoms. The van der Waals surface area contributed by atoms with Crippen LogP contribution in [0.4, 0.5) is 13.2 Å². The number of alkyl halides is 3. The van der Waals surface area contributed by atoms with Crippen LogP contribution in [0.15, 0.2) is 22.6 Å². The van der Waals surface area contributed by atoms with Crippen molar-refractivity contribution in [3.63, 3.8) is 0 Å². The number of hydrogen-bond acceptors (Lipinski definition) is 6. The minimum atomic E-state index is -4.63. The summed E-state index contributed by atoms with van der Waals surface area (Å²) >= 11 is 0. The molecule has 1 aromatic heterocycles. The Morgan fingerprint density at radius 2 is 2.00 bits per heavy atom. The zero-order valence-electron chi connectivity index (χ0n) is 14.9. The second-order valence-electron chi connectivity index (χ2n) is 6.51. The molecular formula is C18H17F3N4O3. The number of carbonyl (C=O) groups excluding carboxylic acids is 1. The quantitative estimate of drug-likeness (QED) is 0.853. The molecule has 0 radical (unpaired) electrons. The minimum absolute atomic E-state index is 0.0696. The molecule has 148 valence electrons. The van der Waals surface area contributed by atoms with Crippen LogP contribution in [0.3, 0.4) is 0 Å². The number of halogens is 3. The van der Waals surface area contributed by atoms with E-state index >= 15 is 0 Å². The number of benzene rings is 1. The number of nitriles is 1. The summed E-state index contributed by atoms with van der Waals surface area (Å²) in [5.41, 5.74) is -1.45. The molecule has 0 atom stereocenters. The molecule has 2 aromatic rings. The fourth-order valence-corrected chi connectivity index (χ4v) is 3.08. The Bertz CT molecular complexity index is 896. The number of carbonyl (C=O) groups is 1. The molecular weight excluding hydrogens is 377 g/mol. The Labute approximate surface area is 158 Å². The van der Waals surface area contributed by atoms with Crippen LogP contribution in [0.5, 0.6) is 5.75 Å². The van der Waals surface area contributed by atoms with Gasteiger partial charge in [0.05, 0.1) is 23.3 Å². The van der Waals surface area contributed by atoms with E-state index in [-0.39, 0.29) is 23.8 Å². The van der Waals surface area contributed by atoms with Crippen molar-refractivity contribution < 1.29 is 27.1 Å². The van der Waals surface area contributed by atoms with E-state index in [1.54, 1.807) is 6.92 Å². The maximum atomic E-state index is 13.0. The van der Waals surface area contributed by atoms with Crippen molar-refractivity contribution in [1.82, 2.24) is 15.5 Å². The number of aromatic nitrogens is 2. The number of ether oxygens (including phenoxy) is 1. The molecule has 1 aromatic carbocycles. The molecule has 0 unspecified atom stereocenters. The van der Waals surface area contributed by atoms with Crippen LogP contribution >= 0.6 is 0 Å². The van der Waals surface area contributed by atoms with Crippen LogP contribution in [0.25, 0.3) is 0 Å². The first-order valence-electron chi connectivity index (χ1n) is 8.65. The predicted molar refractivity (Wildman–Crippen MR) is 89.3 cm³/mol. The van der Waals surface area contributed by atoms with Crippen LogP contribution in [-0.2, 0) is 6.18 Å². The van der Waals surface area contributed by atoms with Gasteiger partial charge in [0, 0.05) is 13.0 Å². The molecule has 1 N–H and O–H groups in total. The van der Waals surface area contributed by atoms with E-state index in [0.29, 0.717) is 31.6 Å². The highest BCUT2D eigenvalue weighted by atomic mass is 19.4. The van der Waals surface area contributed by atoms with Crippen molar-refractivity contribution >= 4 is 5.91 Å². The Kier molecular flexibility index (Phi) is 5.53. The fraction of sp³-hybridized carbons (Fsp3) is 0.444. The number of nitrogens with one attached hydrogen (secondary N) is 1. The Morgan fingerprint density at radius 1 is 1.29 bits per heavy atom. The average Bonchev–Trinajstić information content (AvgIpc) is 3.09. The molecule has 1 fully saturated rings. The van der Waals surface area contributed by atoms with Crippen LogP contribution in [-0.4, -0.2) is 28.3 Å². The van der Waals surface area contributed by atoms with Gasteiger partial charge in [-0.05, 0) is 43.9 Å². The monoisotopic (exact) mass is 394 g/mol. The minimum Gasteiger partial charge on any atom is -0.490 e. The number of amides is 1. The van der Waals surface area contributed by atoms with Gasteiger partial charge < -0.3 is 14.5 Å². The van der Waals surface area contributed by atoms with E-state index in [9.17, 15) is 18.0 Å². The first kappa shape index (κ1) is 19.7. The van der Waals surface area contributed by atoms with E-state index in [1.165, 1.54) is 12.1 Å². The summed E-state index contributed by atoms with van der Waals surface area (Å²) in [5.74, 6) is -0.192. The normalized spacial score (nSPS) is 19.7. The van der Waals surface area contributed by atoms with E-state index in [4.69, 9.17) is 14.4 Å². The molecule has 3 rings (SSSR count). The number of nitrogens with zero attached hydrogens (tertiary/aromatic N) is 3. The Hall–Kier alpha value is -3.09. The molecule has 1 heterocycles. The molecule has 0 saturated heterocycles. The second-order valence-corrected chi connectivity index (χ2v) is 6.51. The van der Waals surface area contributed by atoms with Crippen LogP contribution in [0.1, 0.15) is 53.4 Å². The number of rotatable bonds is 4. The molecule has 10 heteroatoms. The SMILES string of the molecule is Cc1nnc(C(=O)N[C@H]2CC[C@H](Oc3ccc(C#N)c(C(F)(F)F)c3)CC2)o1. The molecule has 7 nitrogen and oxygen atoms in total. The number of hydrogen-bond donors (Lipinski definition) is 1. The third kappa shape index (κ3) is 4.60. The van der Waals surface area contributed by atoms with Gasteiger partial charge in [0.2, 0.25) is 5.89 Å². The smallest absolute Gasteiger partial charge is 0.417 e. The second kappa shape index (κ2) is 7.88. The van der Waals surface area contributed by atoms with E-state index < -0.39 is 23.2 Å². The van der Waals surface area contributed by atoms with Crippen LogP contribution < -0.4 is 10.1 Å². The topological polar surface area (TPSA) is 101 Å². The summed E-state index contributed by atoms with van der Waals surface area (Å²) in [5, 5.41) is 18.9. The highest BCUT2D eigenvalue weighted by Gasteiger charge is 2.34. The summed E-state index contributed by atoms with van der Waals surface area (Å²) < 4.78 is 49.9. The lowest BCUT2D eigenvalue weighted by atomic mass is 9.93. The lowest BCUT2D eigenvalue weighted by Crippen LogP contribution is -2.39. The van der Waals surface area contributed by atoms with E-state index in [0.717, 1.165) is 12.1 Å². The van der Waals surface area contributed by atoms with Gasteiger partial charge in [-0.15, -0.1) is 10.2 Å². The lowest BCUT2D eigenvalue weighted by molar-refractivity contribution is -0.137. The number of aryl methyl sites for hydroxylation is 1. The van der Waals surface area contributed by atoms with Gasteiger partial charge in [0.15, 0.2) is 0 Å². The third-order valence-electron chi connectivity index (χ3n) is 4.45. The summed E-state index contributed by atoms with van der Waals surface area (Å²) in [6.45, 7) is 1.58. The fourth-order valence-electron chi connectivity index (χ4n) is 3.08. The van der Waals surface area contributed by atoms with E-state index in [2.05, 4.69) is 15.5 Å². The Morgan fingerprint density at radius 3 is 2.57 bits per heavy atom. The maximum Gasteiger partial charge on any atom is 0.417 e. The summed E-state index contributed by atoms with van der Waals surface area (Å²) in [4.78, 5) is 12.0. The van der Waals surface area contributed by atoms with Crippen LogP contribution in [0.2, 0.25) is 0 Å². The maximum absolute atomic E-state index is 13.0. The molecule has 1 aliphatic rings. The molecule has 1 saturated carbocycles. The largest absolute Gasteiger partial charge is 0.490 e. The first-order chi connectivity index (χ1) is 13.3. The summed E-state index contributed by atoms with van der Waals surface area (Å²) in [7, 11) is 0. The third-order valence-corrected chi connectivity index (χ3v) is 4.45. The predicted octanol–water partition coefficient (Wildman–Crippen LogP) is 3.39. The molecule has 1 aliphatic carbocycles. The lowest BCUT2D eigenvalue weighted by Gasteiger charge is -2.29. The van der Waals surface area contributed by atoms with Gasteiger partial charge in [-0.3, -0.25) is 4.79 Å². The highest BCUT2D eigenvalue weighted by Crippen LogP contribution is 2.35. The van der Waals surface area contributed by atoms with Gasteiger partial charge in [-0.1, -0.05) is 0 Å². The highest BCUT2D eigenvalue weighted by molar-refractivity contribution is 5.89. The van der Waals surface area contributed by atoms with Crippen molar-refractivity contribution in [2.24, 2.45) is 0 Å². The zero-order valence-corrected chi connectivity index (χ0v) is 14.9. The molecule has 0 aliphatic heterocycles. The van der Waals surface area contributed by atoms with Gasteiger partial charge in [-0.2, -0.15) is 18.4 Å². The van der Waals surface area contributed by atoms with Gasteiger partial charge in [-0.25, -0.2) is 0 Å². The molecule has 28 heavy (non-hydrogen) atoms. The van der Waals surface area contributed by atoms with Gasteiger partial charge in [0.25, 0.3) is 0 Å². The standard InChI is InChI=1S/C18H17F3N4O3/c1-10-24-25-17(27-10)16(26)23-12-3-6-13(7-4-12)28-14-5-2-11(9-22)15(8-14)18(19,20)21/h2,5,8,12-13H,3-4,6-7H2,1H3,(H,23,26)/t12-,13-. The van der Waals surface area contributed by atoms with Gasteiger partial charge in [0.1, 0.15) is 5.75 Å². The molecule has 1 amide bonds. The van der Waals surface area contributed by atoms with Gasteiger partial charge >= 0.3 is 18.0 Å². The van der Waals surface area contributed by atoms with E-state index in [1.807, 2.05) is 0 Å². The first-order valence-corrected chi connectivity index (χ1v) is 8.65. The van der Waals surface area contributed by atoms with Crippen LogP contribution in [0, 0.1) is 18.3 Å².